The van der Waals surface area contributed by atoms with Gasteiger partial charge in [0.25, 0.3) is 11.8 Å². The number of nitrogens with zero attached hydrogens (tertiary/aromatic N) is 4. The molecule has 1 aliphatic heterocycles. The molecule has 0 bridgehead atoms. The molecule has 1 saturated carbocycles. The van der Waals surface area contributed by atoms with Gasteiger partial charge in [-0.05, 0) is 24.5 Å². The van der Waals surface area contributed by atoms with E-state index in [2.05, 4.69) is 15.5 Å². The second-order valence-electron chi connectivity index (χ2n) is 8.19. The zero-order chi connectivity index (χ0) is 24.4. The number of carbonyl (C=O) groups is 2. The predicted octanol–water partition coefficient (Wildman–Crippen LogP) is 1.90. The van der Waals surface area contributed by atoms with Gasteiger partial charge in [0.2, 0.25) is 5.60 Å². The van der Waals surface area contributed by atoms with E-state index in [4.69, 9.17) is 0 Å². The number of hydrogen-bond acceptors (Lipinski definition) is 6. The Morgan fingerprint density at radius 3 is 2.15 bits per heavy atom. The van der Waals surface area contributed by atoms with E-state index in [1.807, 2.05) is 0 Å². The lowest BCUT2D eigenvalue weighted by atomic mass is 9.96. The van der Waals surface area contributed by atoms with Crippen molar-refractivity contribution in [3.8, 4) is 0 Å². The third-order valence-corrected chi connectivity index (χ3v) is 5.59. The maximum atomic E-state index is 13.1. The minimum absolute atomic E-state index is 0.0483. The van der Waals surface area contributed by atoms with Gasteiger partial charge in [0, 0.05) is 32.7 Å². The summed E-state index contributed by atoms with van der Waals surface area (Å²) < 4.78 is 77.3. The van der Waals surface area contributed by atoms with E-state index < -0.39 is 30.3 Å². The first-order valence-corrected chi connectivity index (χ1v) is 10.3. The smallest absolute Gasteiger partial charge is 0.372 e. The fourth-order valence-corrected chi connectivity index (χ4v) is 3.49. The maximum Gasteiger partial charge on any atom is 0.426 e. The zero-order valence-electron chi connectivity index (χ0n) is 17.4. The van der Waals surface area contributed by atoms with Crippen molar-refractivity contribution in [2.75, 3.05) is 37.6 Å². The molecule has 2 heterocycles. The first-order valence-electron chi connectivity index (χ1n) is 10.3. The number of aliphatic hydroxyl groups is 1. The number of halogens is 6. The molecule has 2 aliphatic rings. The molecular weight excluding hydrogens is 460 g/mol. The fourth-order valence-electron chi connectivity index (χ4n) is 3.49. The SMILES string of the molecule is O=C(NCCC1CC1)c1ccc(N2CCN(C(=O)[C@@](O)(CC(F)(F)F)C(F)(F)F)CC2)nn1. The molecule has 2 amide bonds. The minimum atomic E-state index is -5.79. The summed E-state index contributed by atoms with van der Waals surface area (Å²) in [5.74, 6) is -1.49. The molecule has 0 aromatic carbocycles. The van der Waals surface area contributed by atoms with Crippen LogP contribution in [0.1, 0.15) is 36.2 Å². The Balaban J connectivity index is 1.57. The lowest BCUT2D eigenvalue weighted by Gasteiger charge is -2.39. The van der Waals surface area contributed by atoms with E-state index in [0.717, 1.165) is 6.42 Å². The van der Waals surface area contributed by atoms with Gasteiger partial charge in [-0.2, -0.15) is 26.3 Å². The van der Waals surface area contributed by atoms with E-state index in [1.54, 1.807) is 4.90 Å². The average Bonchev–Trinajstić information content (AvgIpc) is 3.56. The molecule has 14 heteroatoms. The van der Waals surface area contributed by atoms with Crippen LogP contribution < -0.4 is 10.2 Å². The van der Waals surface area contributed by atoms with Gasteiger partial charge < -0.3 is 20.2 Å². The average molecular weight is 483 g/mol. The number of hydrogen-bond donors (Lipinski definition) is 2. The van der Waals surface area contributed by atoms with E-state index in [-0.39, 0.29) is 43.6 Å². The molecule has 1 saturated heterocycles. The van der Waals surface area contributed by atoms with Crippen molar-refractivity contribution in [3.63, 3.8) is 0 Å². The Hall–Kier alpha value is -2.64. The fraction of sp³-hybridized carbons (Fsp3) is 0.684. The van der Waals surface area contributed by atoms with Crippen molar-refractivity contribution in [2.24, 2.45) is 5.92 Å². The van der Waals surface area contributed by atoms with Gasteiger partial charge in [-0.1, -0.05) is 12.8 Å². The number of piperazine rings is 1. The summed E-state index contributed by atoms with van der Waals surface area (Å²) in [6.45, 7) is -0.289. The number of carbonyl (C=O) groups excluding carboxylic acids is 2. The van der Waals surface area contributed by atoms with Gasteiger partial charge in [0.05, 0.1) is 6.42 Å². The highest BCUT2D eigenvalue weighted by atomic mass is 19.4. The molecule has 3 rings (SSSR count). The molecule has 2 fully saturated rings. The first kappa shape index (κ1) is 25.0. The highest BCUT2D eigenvalue weighted by Crippen LogP contribution is 2.40. The standard InChI is InChI=1S/C19H23F6N5O3/c20-18(21,22)11-17(33,19(23,24)25)16(32)30-9-7-29(8-10-30)14-4-3-13(27-28-14)15(31)26-6-5-12-1-2-12/h3-4,12,33H,1-2,5-11H2,(H,26,31)/t17-/m0/s1. The molecule has 2 N–H and O–H groups in total. The number of rotatable bonds is 7. The Bertz CT molecular complexity index is 851. The first-order chi connectivity index (χ1) is 15.3. The second kappa shape index (κ2) is 9.31. The van der Waals surface area contributed by atoms with Crippen molar-refractivity contribution in [1.82, 2.24) is 20.4 Å². The molecule has 1 aromatic rings. The Morgan fingerprint density at radius 2 is 1.67 bits per heavy atom. The summed E-state index contributed by atoms with van der Waals surface area (Å²) in [5.41, 5.74) is -4.47. The van der Waals surface area contributed by atoms with Crippen molar-refractivity contribution in [3.05, 3.63) is 17.8 Å². The second-order valence-corrected chi connectivity index (χ2v) is 8.19. The van der Waals surface area contributed by atoms with E-state index in [9.17, 15) is 41.0 Å². The van der Waals surface area contributed by atoms with Gasteiger partial charge >= 0.3 is 12.4 Å². The molecule has 1 atom stereocenters. The van der Waals surface area contributed by atoms with Crippen molar-refractivity contribution < 1.29 is 41.0 Å². The molecule has 8 nitrogen and oxygen atoms in total. The van der Waals surface area contributed by atoms with Crippen molar-refractivity contribution in [1.29, 1.82) is 0 Å². The van der Waals surface area contributed by atoms with Crippen molar-refractivity contribution in [2.45, 2.75) is 43.6 Å². The molecule has 1 aliphatic carbocycles. The van der Waals surface area contributed by atoms with Crippen LogP contribution in [0.3, 0.4) is 0 Å². The highest BCUT2D eigenvalue weighted by Gasteiger charge is 2.65. The van der Waals surface area contributed by atoms with Gasteiger partial charge in [0.1, 0.15) is 0 Å². The summed E-state index contributed by atoms with van der Waals surface area (Å²) >= 11 is 0. The summed E-state index contributed by atoms with van der Waals surface area (Å²) in [6.07, 6.45) is -10.7. The molecule has 0 radical (unpaired) electrons. The van der Waals surface area contributed by atoms with Crippen LogP contribution in [0.4, 0.5) is 32.2 Å². The molecule has 1 aromatic heterocycles. The molecular formula is C19H23F6N5O3. The van der Waals surface area contributed by atoms with Gasteiger partial charge in [0.15, 0.2) is 11.5 Å². The molecule has 0 unspecified atom stereocenters. The highest BCUT2D eigenvalue weighted by molar-refractivity contribution is 5.92. The minimum Gasteiger partial charge on any atom is -0.372 e. The largest absolute Gasteiger partial charge is 0.426 e. The van der Waals surface area contributed by atoms with E-state index in [0.29, 0.717) is 17.4 Å². The van der Waals surface area contributed by atoms with Crippen LogP contribution in [0.2, 0.25) is 0 Å². The summed E-state index contributed by atoms with van der Waals surface area (Å²) in [4.78, 5) is 26.4. The Morgan fingerprint density at radius 1 is 1.03 bits per heavy atom. The van der Waals surface area contributed by atoms with E-state index >= 15 is 0 Å². The quantitative estimate of drug-likeness (QED) is 0.575. The molecule has 0 spiro atoms. The van der Waals surface area contributed by atoms with Crippen LogP contribution in [0.5, 0.6) is 0 Å². The van der Waals surface area contributed by atoms with Gasteiger partial charge in [-0.15, -0.1) is 10.2 Å². The zero-order valence-corrected chi connectivity index (χ0v) is 17.4. The molecule has 33 heavy (non-hydrogen) atoms. The number of amides is 2. The Labute approximate surface area is 184 Å². The number of aromatic nitrogens is 2. The summed E-state index contributed by atoms with van der Waals surface area (Å²) in [6, 6.07) is 2.91. The third-order valence-electron chi connectivity index (χ3n) is 5.59. The van der Waals surface area contributed by atoms with Crippen LogP contribution in [0.25, 0.3) is 0 Å². The van der Waals surface area contributed by atoms with Gasteiger partial charge in [-0.25, -0.2) is 0 Å². The van der Waals surface area contributed by atoms with Gasteiger partial charge in [-0.3, -0.25) is 9.59 Å². The van der Waals surface area contributed by atoms with Crippen LogP contribution in [-0.2, 0) is 4.79 Å². The normalized spacial score (nSPS) is 19.2. The third kappa shape index (κ3) is 6.24. The van der Waals surface area contributed by atoms with Crippen LogP contribution in [0.15, 0.2) is 12.1 Å². The monoisotopic (exact) mass is 483 g/mol. The summed E-state index contributed by atoms with van der Waals surface area (Å²) in [7, 11) is 0. The lowest BCUT2D eigenvalue weighted by molar-refractivity contribution is -0.286. The maximum absolute atomic E-state index is 13.1. The Kier molecular flexibility index (Phi) is 7.05. The van der Waals surface area contributed by atoms with Crippen molar-refractivity contribution >= 4 is 17.6 Å². The topological polar surface area (TPSA) is 98.7 Å². The lowest BCUT2D eigenvalue weighted by Crippen LogP contribution is -2.62. The molecule has 184 valence electrons. The van der Waals surface area contributed by atoms with Crippen LogP contribution >= 0.6 is 0 Å². The number of alkyl halides is 6. The predicted molar refractivity (Wildman–Crippen MR) is 102 cm³/mol. The number of anilines is 1. The summed E-state index contributed by atoms with van der Waals surface area (Å²) in [5, 5.41) is 20.1. The number of nitrogens with one attached hydrogen (secondary N) is 1. The van der Waals surface area contributed by atoms with Crippen LogP contribution in [0, 0.1) is 5.92 Å². The van der Waals surface area contributed by atoms with Crippen LogP contribution in [-0.4, -0.2) is 82.7 Å². The van der Waals surface area contributed by atoms with E-state index in [1.165, 1.54) is 25.0 Å².